The summed E-state index contributed by atoms with van der Waals surface area (Å²) in [7, 11) is 0. The zero-order chi connectivity index (χ0) is 13.7. The minimum Gasteiger partial charge on any atom is -0.342 e. The second kappa shape index (κ2) is 6.58. The fourth-order valence-electron chi connectivity index (χ4n) is 2.07. The molecular weight excluding hydrogens is 258 g/mol. The first-order chi connectivity index (χ1) is 9.20. The molecule has 0 unspecified atom stereocenters. The molecule has 1 amide bonds. The number of amides is 1. The van der Waals surface area contributed by atoms with E-state index < -0.39 is 0 Å². The first-order valence-electron chi connectivity index (χ1n) is 6.46. The SMILES string of the molecule is CC1CCN(C(=O)CSc2ncccc2C#N)CC1. The maximum atomic E-state index is 12.1. The number of aromatic nitrogens is 1. The number of piperidine rings is 1. The molecule has 0 atom stereocenters. The minimum atomic E-state index is 0.145. The van der Waals surface area contributed by atoms with Crippen LogP contribution in [-0.4, -0.2) is 34.6 Å². The van der Waals surface area contributed by atoms with Gasteiger partial charge in [-0.25, -0.2) is 4.98 Å². The standard InChI is InChI=1S/C14H17N3OS/c1-11-4-7-17(8-5-11)13(18)10-19-14-12(9-15)3-2-6-16-14/h2-3,6,11H,4-5,7-8,10H2,1H3. The van der Waals surface area contributed by atoms with Crippen molar-refractivity contribution in [3.63, 3.8) is 0 Å². The molecule has 0 N–H and O–H groups in total. The number of nitrogens with zero attached hydrogens (tertiary/aromatic N) is 3. The average molecular weight is 275 g/mol. The Morgan fingerprint density at radius 1 is 1.58 bits per heavy atom. The smallest absolute Gasteiger partial charge is 0.232 e. The van der Waals surface area contributed by atoms with E-state index in [1.807, 2.05) is 4.90 Å². The predicted molar refractivity (Wildman–Crippen MR) is 74.7 cm³/mol. The van der Waals surface area contributed by atoms with Crippen molar-refractivity contribution < 1.29 is 4.79 Å². The maximum Gasteiger partial charge on any atom is 0.232 e. The number of nitriles is 1. The summed E-state index contributed by atoms with van der Waals surface area (Å²) in [6, 6.07) is 5.55. The molecule has 1 aromatic rings. The monoisotopic (exact) mass is 275 g/mol. The lowest BCUT2D eigenvalue weighted by atomic mass is 9.99. The Morgan fingerprint density at radius 2 is 2.32 bits per heavy atom. The van der Waals surface area contributed by atoms with Gasteiger partial charge in [0.25, 0.3) is 0 Å². The van der Waals surface area contributed by atoms with Gasteiger partial charge in [0.1, 0.15) is 11.1 Å². The predicted octanol–water partition coefficient (Wildman–Crippen LogP) is 2.30. The van der Waals surface area contributed by atoms with Crippen LogP contribution in [0.25, 0.3) is 0 Å². The Hall–Kier alpha value is -1.54. The summed E-state index contributed by atoms with van der Waals surface area (Å²) in [5.74, 6) is 1.23. The number of hydrogen-bond donors (Lipinski definition) is 0. The van der Waals surface area contributed by atoms with Crippen LogP contribution in [0, 0.1) is 17.2 Å². The van der Waals surface area contributed by atoms with E-state index in [-0.39, 0.29) is 5.91 Å². The van der Waals surface area contributed by atoms with Gasteiger partial charge in [-0.2, -0.15) is 5.26 Å². The Labute approximate surface area is 117 Å². The second-order valence-corrected chi connectivity index (χ2v) is 5.78. The summed E-state index contributed by atoms with van der Waals surface area (Å²) in [5.41, 5.74) is 0.535. The summed E-state index contributed by atoms with van der Waals surface area (Å²) in [5, 5.41) is 9.61. The molecule has 100 valence electrons. The van der Waals surface area contributed by atoms with Gasteiger partial charge in [0.2, 0.25) is 5.91 Å². The molecule has 0 saturated carbocycles. The van der Waals surface area contributed by atoms with Gasteiger partial charge in [-0.05, 0) is 30.9 Å². The van der Waals surface area contributed by atoms with Crippen LogP contribution < -0.4 is 0 Å². The third kappa shape index (κ3) is 3.71. The number of carbonyl (C=O) groups is 1. The van der Waals surface area contributed by atoms with E-state index in [2.05, 4.69) is 18.0 Å². The molecule has 0 spiro atoms. The molecule has 0 aromatic carbocycles. The molecule has 1 fully saturated rings. The van der Waals surface area contributed by atoms with Crippen molar-refractivity contribution in [2.75, 3.05) is 18.8 Å². The van der Waals surface area contributed by atoms with Gasteiger partial charge in [-0.15, -0.1) is 0 Å². The summed E-state index contributed by atoms with van der Waals surface area (Å²) in [6.07, 6.45) is 3.82. The number of likely N-dealkylation sites (tertiary alicyclic amines) is 1. The van der Waals surface area contributed by atoms with Crippen LogP contribution in [0.5, 0.6) is 0 Å². The molecule has 1 saturated heterocycles. The van der Waals surface area contributed by atoms with Crippen molar-refractivity contribution in [1.82, 2.24) is 9.88 Å². The maximum absolute atomic E-state index is 12.1. The fourth-order valence-corrected chi connectivity index (χ4v) is 2.92. The van der Waals surface area contributed by atoms with Gasteiger partial charge >= 0.3 is 0 Å². The van der Waals surface area contributed by atoms with E-state index in [1.165, 1.54) is 11.8 Å². The van der Waals surface area contributed by atoms with Crippen molar-refractivity contribution >= 4 is 17.7 Å². The largest absolute Gasteiger partial charge is 0.342 e. The summed E-state index contributed by atoms with van der Waals surface area (Å²) >= 11 is 1.35. The lowest BCUT2D eigenvalue weighted by molar-refractivity contribution is -0.129. The van der Waals surface area contributed by atoms with Gasteiger partial charge < -0.3 is 4.90 Å². The highest BCUT2D eigenvalue weighted by molar-refractivity contribution is 7.99. The summed E-state index contributed by atoms with van der Waals surface area (Å²) in [6.45, 7) is 3.94. The number of pyridine rings is 1. The van der Waals surface area contributed by atoms with E-state index in [4.69, 9.17) is 5.26 Å². The van der Waals surface area contributed by atoms with E-state index in [0.29, 0.717) is 16.3 Å². The van der Waals surface area contributed by atoms with Crippen LogP contribution in [0.15, 0.2) is 23.4 Å². The van der Waals surface area contributed by atoms with Crippen LogP contribution >= 0.6 is 11.8 Å². The molecule has 0 aliphatic carbocycles. The summed E-state index contributed by atoms with van der Waals surface area (Å²) < 4.78 is 0. The topological polar surface area (TPSA) is 57.0 Å². The van der Waals surface area contributed by atoms with Crippen molar-refractivity contribution in [3.8, 4) is 6.07 Å². The Bertz CT molecular complexity index is 490. The number of carbonyl (C=O) groups excluding carboxylic acids is 1. The first-order valence-corrected chi connectivity index (χ1v) is 7.45. The quantitative estimate of drug-likeness (QED) is 0.794. The van der Waals surface area contributed by atoms with Gasteiger partial charge in [0.05, 0.1) is 11.3 Å². The Kier molecular flexibility index (Phi) is 4.80. The third-order valence-electron chi connectivity index (χ3n) is 3.36. The highest BCUT2D eigenvalue weighted by atomic mass is 32.2. The van der Waals surface area contributed by atoms with Crippen LogP contribution in [0.1, 0.15) is 25.3 Å². The van der Waals surface area contributed by atoms with E-state index in [0.717, 1.165) is 31.8 Å². The molecule has 0 radical (unpaired) electrons. The molecule has 19 heavy (non-hydrogen) atoms. The fraction of sp³-hybridized carbons (Fsp3) is 0.500. The molecule has 0 bridgehead atoms. The van der Waals surface area contributed by atoms with Crippen molar-refractivity contribution in [3.05, 3.63) is 23.9 Å². The van der Waals surface area contributed by atoms with E-state index >= 15 is 0 Å². The van der Waals surface area contributed by atoms with Crippen molar-refractivity contribution in [1.29, 1.82) is 5.26 Å². The molecule has 2 heterocycles. The lowest BCUT2D eigenvalue weighted by Gasteiger charge is -2.30. The zero-order valence-corrected chi connectivity index (χ0v) is 11.8. The Balaban J connectivity index is 1.88. The zero-order valence-electron chi connectivity index (χ0n) is 11.0. The van der Waals surface area contributed by atoms with Crippen LogP contribution in [-0.2, 0) is 4.79 Å². The van der Waals surface area contributed by atoms with Gasteiger partial charge in [0, 0.05) is 19.3 Å². The van der Waals surface area contributed by atoms with Crippen LogP contribution in [0.2, 0.25) is 0 Å². The molecule has 4 nitrogen and oxygen atoms in total. The molecule has 1 aromatic heterocycles. The molecule has 1 aliphatic heterocycles. The van der Waals surface area contributed by atoms with Gasteiger partial charge in [-0.3, -0.25) is 4.79 Å². The number of thioether (sulfide) groups is 1. The average Bonchev–Trinajstić information content (AvgIpc) is 2.45. The van der Waals surface area contributed by atoms with Crippen molar-refractivity contribution in [2.45, 2.75) is 24.8 Å². The first kappa shape index (κ1) is 13.9. The lowest BCUT2D eigenvalue weighted by Crippen LogP contribution is -2.38. The second-order valence-electron chi connectivity index (χ2n) is 4.82. The molecular formula is C14H17N3OS. The molecule has 5 heteroatoms. The molecule has 2 rings (SSSR count). The van der Waals surface area contributed by atoms with Gasteiger partial charge in [-0.1, -0.05) is 18.7 Å². The van der Waals surface area contributed by atoms with E-state index in [9.17, 15) is 4.79 Å². The van der Waals surface area contributed by atoms with Gasteiger partial charge in [0.15, 0.2) is 0 Å². The number of rotatable bonds is 3. The van der Waals surface area contributed by atoms with Crippen molar-refractivity contribution in [2.24, 2.45) is 5.92 Å². The minimum absolute atomic E-state index is 0.145. The molecule has 1 aliphatic rings. The highest BCUT2D eigenvalue weighted by Crippen LogP contribution is 2.21. The highest BCUT2D eigenvalue weighted by Gasteiger charge is 2.20. The number of hydrogen-bond acceptors (Lipinski definition) is 4. The van der Waals surface area contributed by atoms with Crippen LogP contribution in [0.4, 0.5) is 0 Å². The third-order valence-corrected chi connectivity index (χ3v) is 4.35. The van der Waals surface area contributed by atoms with Crippen LogP contribution in [0.3, 0.4) is 0 Å². The summed E-state index contributed by atoms with van der Waals surface area (Å²) in [4.78, 5) is 18.1. The normalized spacial score (nSPS) is 16.1. The Morgan fingerprint density at radius 3 is 3.00 bits per heavy atom. The van der Waals surface area contributed by atoms with E-state index in [1.54, 1.807) is 18.3 Å².